The maximum atomic E-state index is 9.34. The van der Waals surface area contributed by atoms with E-state index in [2.05, 4.69) is 47.0 Å². The predicted molar refractivity (Wildman–Crippen MR) is 86.1 cm³/mol. The standard InChI is InChI=1S/C16H25N5O/c1-11(2)14-8-15(16-18-17-10-21(16)19-14)20-6-4-13(5-7-20)12(3)9-22/h8,10-13,22H,4-7,9H2,1-3H3. The van der Waals surface area contributed by atoms with Gasteiger partial charge in [0.2, 0.25) is 5.65 Å². The number of rotatable bonds is 4. The second kappa shape index (κ2) is 6.20. The van der Waals surface area contributed by atoms with Gasteiger partial charge in [0.1, 0.15) is 6.33 Å². The van der Waals surface area contributed by atoms with E-state index in [1.807, 2.05) is 0 Å². The lowest BCUT2D eigenvalue weighted by atomic mass is 9.86. The summed E-state index contributed by atoms with van der Waals surface area (Å²) in [6.07, 6.45) is 3.90. The van der Waals surface area contributed by atoms with Crippen molar-refractivity contribution in [3.8, 4) is 0 Å². The average Bonchev–Trinajstić information content (AvgIpc) is 3.01. The Morgan fingerprint density at radius 3 is 2.64 bits per heavy atom. The van der Waals surface area contributed by atoms with Crippen LogP contribution in [0, 0.1) is 11.8 Å². The van der Waals surface area contributed by atoms with Gasteiger partial charge in [0.15, 0.2) is 0 Å². The lowest BCUT2D eigenvalue weighted by Crippen LogP contribution is -2.36. The van der Waals surface area contributed by atoms with Gasteiger partial charge in [-0.15, -0.1) is 10.2 Å². The largest absolute Gasteiger partial charge is 0.396 e. The van der Waals surface area contributed by atoms with Crippen LogP contribution in [-0.2, 0) is 0 Å². The van der Waals surface area contributed by atoms with Crippen LogP contribution in [0.2, 0.25) is 0 Å². The van der Waals surface area contributed by atoms with Crippen molar-refractivity contribution in [2.24, 2.45) is 11.8 Å². The number of hydrogen-bond acceptors (Lipinski definition) is 5. The van der Waals surface area contributed by atoms with Gasteiger partial charge in [0, 0.05) is 19.7 Å². The van der Waals surface area contributed by atoms with Gasteiger partial charge in [-0.2, -0.15) is 9.61 Å². The van der Waals surface area contributed by atoms with Gasteiger partial charge in [-0.3, -0.25) is 0 Å². The minimum absolute atomic E-state index is 0.284. The van der Waals surface area contributed by atoms with Gasteiger partial charge in [-0.25, -0.2) is 0 Å². The van der Waals surface area contributed by atoms with E-state index in [1.165, 1.54) is 0 Å². The summed E-state index contributed by atoms with van der Waals surface area (Å²) in [5, 5.41) is 22.2. The second-order valence-corrected chi connectivity index (χ2v) is 6.69. The number of hydrogen-bond donors (Lipinski definition) is 1. The molecule has 0 radical (unpaired) electrons. The van der Waals surface area contributed by atoms with E-state index >= 15 is 0 Å². The van der Waals surface area contributed by atoms with E-state index in [0.717, 1.165) is 43.0 Å². The minimum atomic E-state index is 0.284. The highest BCUT2D eigenvalue weighted by Crippen LogP contribution is 2.30. The first-order valence-corrected chi connectivity index (χ1v) is 8.17. The Balaban J connectivity index is 1.86. The Bertz CT molecular complexity index is 630. The Hall–Kier alpha value is -1.69. The van der Waals surface area contributed by atoms with Crippen LogP contribution in [-0.4, -0.2) is 44.6 Å². The quantitative estimate of drug-likeness (QED) is 0.937. The minimum Gasteiger partial charge on any atom is -0.396 e. The molecule has 1 N–H and O–H groups in total. The maximum Gasteiger partial charge on any atom is 0.200 e. The van der Waals surface area contributed by atoms with Crippen molar-refractivity contribution >= 4 is 11.3 Å². The molecular weight excluding hydrogens is 278 g/mol. The van der Waals surface area contributed by atoms with Crippen molar-refractivity contribution in [1.29, 1.82) is 0 Å². The molecule has 0 bridgehead atoms. The molecule has 1 aliphatic rings. The van der Waals surface area contributed by atoms with Gasteiger partial charge in [-0.1, -0.05) is 20.8 Å². The van der Waals surface area contributed by atoms with Gasteiger partial charge in [-0.05, 0) is 36.7 Å². The number of piperidine rings is 1. The molecule has 2 aromatic rings. The lowest BCUT2D eigenvalue weighted by Gasteiger charge is -2.35. The Labute approximate surface area is 131 Å². The van der Waals surface area contributed by atoms with Gasteiger partial charge in [0.25, 0.3) is 0 Å². The fraction of sp³-hybridized carbons (Fsp3) is 0.688. The van der Waals surface area contributed by atoms with Gasteiger partial charge >= 0.3 is 0 Å². The average molecular weight is 303 g/mol. The SMILES string of the molecule is CC(C)c1cc(N2CCC(C(C)CO)CC2)c2nncn2n1. The number of nitrogens with zero attached hydrogens (tertiary/aromatic N) is 5. The summed E-state index contributed by atoms with van der Waals surface area (Å²) in [5.41, 5.74) is 3.03. The fourth-order valence-electron chi connectivity index (χ4n) is 3.20. The number of aromatic nitrogens is 4. The molecule has 0 saturated carbocycles. The van der Waals surface area contributed by atoms with Crippen LogP contribution in [0.25, 0.3) is 5.65 Å². The highest BCUT2D eigenvalue weighted by molar-refractivity contribution is 5.68. The van der Waals surface area contributed by atoms with Gasteiger partial charge in [0.05, 0.1) is 11.4 Å². The summed E-state index contributed by atoms with van der Waals surface area (Å²) >= 11 is 0. The fourth-order valence-corrected chi connectivity index (χ4v) is 3.20. The van der Waals surface area contributed by atoms with Crippen LogP contribution >= 0.6 is 0 Å². The molecule has 120 valence electrons. The third kappa shape index (κ3) is 2.79. The third-order valence-corrected chi connectivity index (χ3v) is 4.83. The first-order valence-electron chi connectivity index (χ1n) is 8.17. The molecule has 1 aliphatic heterocycles. The summed E-state index contributed by atoms with van der Waals surface area (Å²) < 4.78 is 1.78. The van der Waals surface area contributed by atoms with Crippen molar-refractivity contribution in [2.75, 3.05) is 24.6 Å². The zero-order valence-electron chi connectivity index (χ0n) is 13.6. The summed E-state index contributed by atoms with van der Waals surface area (Å²) in [5.74, 6) is 1.37. The molecule has 1 unspecified atom stereocenters. The molecule has 3 heterocycles. The number of aliphatic hydroxyl groups is 1. The van der Waals surface area contributed by atoms with Crippen LogP contribution in [0.1, 0.15) is 45.2 Å². The van der Waals surface area contributed by atoms with Crippen LogP contribution in [0.5, 0.6) is 0 Å². The van der Waals surface area contributed by atoms with E-state index in [4.69, 9.17) is 0 Å². The normalized spacial score (nSPS) is 18.3. The highest BCUT2D eigenvalue weighted by atomic mass is 16.3. The van der Waals surface area contributed by atoms with Crippen LogP contribution in [0.15, 0.2) is 12.4 Å². The third-order valence-electron chi connectivity index (χ3n) is 4.83. The Morgan fingerprint density at radius 1 is 1.27 bits per heavy atom. The molecule has 2 aromatic heterocycles. The zero-order valence-corrected chi connectivity index (χ0v) is 13.6. The van der Waals surface area contributed by atoms with Crippen molar-refractivity contribution in [3.05, 3.63) is 18.1 Å². The van der Waals surface area contributed by atoms with Crippen LogP contribution in [0.4, 0.5) is 5.69 Å². The van der Waals surface area contributed by atoms with Gasteiger partial charge < -0.3 is 10.0 Å². The number of anilines is 1. The topological polar surface area (TPSA) is 66.5 Å². The number of fused-ring (bicyclic) bond motifs is 1. The summed E-state index contributed by atoms with van der Waals surface area (Å²) in [4.78, 5) is 2.39. The molecule has 0 aromatic carbocycles. The molecule has 22 heavy (non-hydrogen) atoms. The monoisotopic (exact) mass is 303 g/mol. The molecule has 1 fully saturated rings. The molecule has 1 saturated heterocycles. The van der Waals surface area contributed by atoms with E-state index in [0.29, 0.717) is 17.8 Å². The first-order chi connectivity index (χ1) is 10.6. The lowest BCUT2D eigenvalue weighted by molar-refractivity contribution is 0.170. The molecule has 0 aliphatic carbocycles. The van der Waals surface area contributed by atoms with Crippen molar-refractivity contribution < 1.29 is 5.11 Å². The van der Waals surface area contributed by atoms with E-state index in [1.54, 1.807) is 10.8 Å². The molecule has 0 spiro atoms. The van der Waals surface area contributed by atoms with E-state index in [9.17, 15) is 5.11 Å². The maximum absolute atomic E-state index is 9.34. The van der Waals surface area contributed by atoms with Crippen molar-refractivity contribution in [2.45, 2.75) is 39.5 Å². The molecule has 0 amide bonds. The highest BCUT2D eigenvalue weighted by Gasteiger charge is 2.25. The van der Waals surface area contributed by atoms with Crippen LogP contribution < -0.4 is 4.90 Å². The number of aliphatic hydroxyl groups excluding tert-OH is 1. The molecule has 6 nitrogen and oxygen atoms in total. The Morgan fingerprint density at radius 2 is 2.00 bits per heavy atom. The molecule has 3 rings (SSSR count). The molecular formula is C16H25N5O. The summed E-state index contributed by atoms with van der Waals surface area (Å²) in [7, 11) is 0. The van der Waals surface area contributed by atoms with Crippen molar-refractivity contribution in [1.82, 2.24) is 19.8 Å². The molecule has 1 atom stereocenters. The smallest absolute Gasteiger partial charge is 0.200 e. The summed E-state index contributed by atoms with van der Waals surface area (Å²) in [6.45, 7) is 8.72. The van der Waals surface area contributed by atoms with E-state index in [-0.39, 0.29) is 6.61 Å². The van der Waals surface area contributed by atoms with E-state index < -0.39 is 0 Å². The van der Waals surface area contributed by atoms with Crippen LogP contribution in [0.3, 0.4) is 0 Å². The predicted octanol–water partition coefficient (Wildman–Crippen LogP) is 2.09. The second-order valence-electron chi connectivity index (χ2n) is 6.69. The molecule has 6 heteroatoms. The Kier molecular flexibility index (Phi) is 4.29. The zero-order chi connectivity index (χ0) is 15.7. The summed E-state index contributed by atoms with van der Waals surface area (Å²) in [6, 6.07) is 2.16. The van der Waals surface area contributed by atoms with Crippen molar-refractivity contribution in [3.63, 3.8) is 0 Å². The first kappa shape index (κ1) is 15.2.